The Labute approximate surface area is 127 Å². The summed E-state index contributed by atoms with van der Waals surface area (Å²) in [7, 11) is -3.60. The summed E-state index contributed by atoms with van der Waals surface area (Å²) in [4.78, 5) is 0.115. The van der Waals surface area contributed by atoms with Gasteiger partial charge in [-0.3, -0.25) is 0 Å². The maximum atomic E-state index is 13.7. The highest BCUT2D eigenvalue weighted by Crippen LogP contribution is 2.16. The van der Waals surface area contributed by atoms with Crippen LogP contribution in [0.3, 0.4) is 0 Å². The average Bonchev–Trinajstić information content (AvgIpc) is 2.46. The summed E-state index contributed by atoms with van der Waals surface area (Å²) in [5.74, 6) is -0.389. The Morgan fingerprint density at radius 3 is 2.43 bits per heavy atom. The SMILES string of the molecule is CCCNCc1cc(S(=O)(=O)NC(CC)CC)ccc1F. The van der Waals surface area contributed by atoms with Gasteiger partial charge in [-0.15, -0.1) is 0 Å². The molecule has 0 heterocycles. The molecule has 4 nitrogen and oxygen atoms in total. The van der Waals surface area contributed by atoms with Gasteiger partial charge in [-0.2, -0.15) is 0 Å². The molecule has 0 atom stereocenters. The van der Waals surface area contributed by atoms with Gasteiger partial charge >= 0.3 is 0 Å². The van der Waals surface area contributed by atoms with Gasteiger partial charge in [0.2, 0.25) is 10.0 Å². The first-order valence-corrected chi connectivity index (χ1v) is 8.94. The highest BCUT2D eigenvalue weighted by molar-refractivity contribution is 7.89. The number of halogens is 1. The third kappa shape index (κ3) is 5.37. The van der Waals surface area contributed by atoms with Crippen LogP contribution in [-0.4, -0.2) is 21.0 Å². The third-order valence-electron chi connectivity index (χ3n) is 3.38. The quantitative estimate of drug-likeness (QED) is 0.689. The van der Waals surface area contributed by atoms with Gasteiger partial charge in [0.1, 0.15) is 5.82 Å². The van der Waals surface area contributed by atoms with Gasteiger partial charge in [-0.1, -0.05) is 20.8 Å². The number of hydrogen-bond donors (Lipinski definition) is 2. The molecule has 1 rings (SSSR count). The van der Waals surface area contributed by atoms with Crippen molar-refractivity contribution in [1.82, 2.24) is 10.0 Å². The van der Waals surface area contributed by atoms with Crippen molar-refractivity contribution in [2.24, 2.45) is 0 Å². The summed E-state index contributed by atoms with van der Waals surface area (Å²) in [5, 5.41) is 3.08. The Kier molecular flexibility index (Phi) is 7.28. The third-order valence-corrected chi connectivity index (χ3v) is 4.90. The second kappa shape index (κ2) is 8.46. The van der Waals surface area contributed by atoms with Gasteiger partial charge in [0.15, 0.2) is 0 Å². The fourth-order valence-electron chi connectivity index (χ4n) is 2.00. The summed E-state index contributed by atoms with van der Waals surface area (Å²) in [6.07, 6.45) is 2.39. The van der Waals surface area contributed by atoms with Crippen molar-refractivity contribution in [2.75, 3.05) is 6.54 Å². The lowest BCUT2D eigenvalue weighted by atomic mass is 10.2. The van der Waals surface area contributed by atoms with Gasteiger partial charge in [0.05, 0.1) is 4.90 Å². The van der Waals surface area contributed by atoms with Crippen LogP contribution in [0.4, 0.5) is 4.39 Å². The minimum atomic E-state index is -3.60. The molecule has 2 N–H and O–H groups in total. The maximum Gasteiger partial charge on any atom is 0.240 e. The van der Waals surface area contributed by atoms with Gasteiger partial charge in [-0.25, -0.2) is 17.5 Å². The maximum absolute atomic E-state index is 13.7. The van der Waals surface area contributed by atoms with Gasteiger partial charge in [-0.05, 0) is 44.0 Å². The summed E-state index contributed by atoms with van der Waals surface area (Å²) in [6, 6.07) is 3.83. The zero-order valence-electron chi connectivity index (χ0n) is 12.9. The van der Waals surface area contributed by atoms with E-state index < -0.39 is 10.0 Å². The highest BCUT2D eigenvalue weighted by atomic mass is 32.2. The molecule has 0 aliphatic rings. The van der Waals surface area contributed by atoms with E-state index in [9.17, 15) is 12.8 Å². The molecule has 0 aromatic heterocycles. The van der Waals surface area contributed by atoms with Crippen molar-refractivity contribution in [3.63, 3.8) is 0 Å². The number of sulfonamides is 1. The summed E-state index contributed by atoms with van der Waals surface area (Å²) in [5.41, 5.74) is 0.371. The lowest BCUT2D eigenvalue weighted by Gasteiger charge is -2.15. The van der Waals surface area contributed by atoms with E-state index in [1.807, 2.05) is 20.8 Å². The van der Waals surface area contributed by atoms with E-state index in [1.54, 1.807) is 0 Å². The molecule has 0 spiro atoms. The molecule has 0 saturated heterocycles. The summed E-state index contributed by atoms with van der Waals surface area (Å²) >= 11 is 0. The van der Waals surface area contributed by atoms with Crippen molar-refractivity contribution in [3.05, 3.63) is 29.6 Å². The smallest absolute Gasteiger partial charge is 0.240 e. The normalized spacial score (nSPS) is 12.0. The Bertz CT molecular complexity index is 543. The lowest BCUT2D eigenvalue weighted by molar-refractivity contribution is 0.529. The first-order chi connectivity index (χ1) is 9.94. The largest absolute Gasteiger partial charge is 0.313 e. The van der Waals surface area contributed by atoms with Crippen LogP contribution in [0.1, 0.15) is 45.6 Å². The fraction of sp³-hybridized carbons (Fsp3) is 0.600. The number of nitrogens with one attached hydrogen (secondary N) is 2. The molecule has 0 radical (unpaired) electrons. The zero-order chi connectivity index (χ0) is 15.9. The van der Waals surface area contributed by atoms with Crippen LogP contribution < -0.4 is 10.0 Å². The van der Waals surface area contributed by atoms with Gasteiger partial charge in [0.25, 0.3) is 0 Å². The summed E-state index contributed by atoms with van der Waals surface area (Å²) < 4.78 is 41.0. The molecule has 0 fully saturated rings. The van der Waals surface area contributed by atoms with Crippen molar-refractivity contribution in [1.29, 1.82) is 0 Å². The zero-order valence-corrected chi connectivity index (χ0v) is 13.8. The Hall–Kier alpha value is -0.980. The van der Waals surface area contributed by atoms with E-state index in [1.165, 1.54) is 18.2 Å². The number of rotatable bonds is 9. The molecule has 0 bridgehead atoms. The fourth-order valence-corrected chi connectivity index (χ4v) is 3.45. The van der Waals surface area contributed by atoms with Crippen LogP contribution >= 0.6 is 0 Å². The molecule has 1 aromatic rings. The molecule has 0 amide bonds. The van der Waals surface area contributed by atoms with E-state index in [4.69, 9.17) is 0 Å². The van der Waals surface area contributed by atoms with E-state index in [2.05, 4.69) is 10.0 Å². The molecular weight excluding hydrogens is 291 g/mol. The monoisotopic (exact) mass is 316 g/mol. The highest BCUT2D eigenvalue weighted by Gasteiger charge is 2.19. The minimum Gasteiger partial charge on any atom is -0.313 e. The van der Waals surface area contributed by atoms with E-state index >= 15 is 0 Å². The molecule has 1 aromatic carbocycles. The Morgan fingerprint density at radius 2 is 1.86 bits per heavy atom. The molecule has 0 aliphatic carbocycles. The van der Waals surface area contributed by atoms with Crippen molar-refractivity contribution in [2.45, 2.75) is 57.5 Å². The second-order valence-corrected chi connectivity index (χ2v) is 6.78. The van der Waals surface area contributed by atoms with E-state index in [-0.39, 0.29) is 16.8 Å². The molecule has 0 unspecified atom stereocenters. The lowest BCUT2D eigenvalue weighted by Crippen LogP contribution is -2.34. The standard InChI is InChI=1S/C15H25FN2O2S/c1-4-9-17-11-12-10-14(7-8-15(12)16)21(19,20)18-13(5-2)6-3/h7-8,10,13,17-18H,4-6,9,11H2,1-3H3. The summed E-state index contributed by atoms with van der Waals surface area (Å²) in [6.45, 7) is 6.98. The molecule has 6 heteroatoms. The topological polar surface area (TPSA) is 58.2 Å². The van der Waals surface area contributed by atoms with Gasteiger partial charge in [0, 0.05) is 18.2 Å². The Balaban J connectivity index is 2.94. The number of hydrogen-bond acceptors (Lipinski definition) is 3. The molecule has 120 valence electrons. The molecular formula is C15H25FN2O2S. The van der Waals surface area contributed by atoms with Crippen LogP contribution in [0.2, 0.25) is 0 Å². The average molecular weight is 316 g/mol. The van der Waals surface area contributed by atoms with Crippen LogP contribution in [0.25, 0.3) is 0 Å². The predicted molar refractivity (Wildman–Crippen MR) is 83.1 cm³/mol. The van der Waals surface area contributed by atoms with Gasteiger partial charge < -0.3 is 5.32 Å². The van der Waals surface area contributed by atoms with Crippen molar-refractivity contribution < 1.29 is 12.8 Å². The van der Waals surface area contributed by atoms with Crippen LogP contribution in [0, 0.1) is 5.82 Å². The molecule has 0 aliphatic heterocycles. The Morgan fingerprint density at radius 1 is 1.19 bits per heavy atom. The first-order valence-electron chi connectivity index (χ1n) is 7.46. The second-order valence-electron chi connectivity index (χ2n) is 5.06. The molecule has 21 heavy (non-hydrogen) atoms. The van der Waals surface area contributed by atoms with Crippen LogP contribution in [0.15, 0.2) is 23.1 Å². The van der Waals surface area contributed by atoms with E-state index in [0.29, 0.717) is 12.1 Å². The van der Waals surface area contributed by atoms with Crippen LogP contribution in [-0.2, 0) is 16.6 Å². The van der Waals surface area contributed by atoms with Crippen LogP contribution in [0.5, 0.6) is 0 Å². The first kappa shape index (κ1) is 18.1. The predicted octanol–water partition coefficient (Wildman–Crippen LogP) is 2.79. The van der Waals surface area contributed by atoms with Crippen molar-refractivity contribution in [3.8, 4) is 0 Å². The van der Waals surface area contributed by atoms with Crippen molar-refractivity contribution >= 4 is 10.0 Å². The number of benzene rings is 1. The minimum absolute atomic E-state index is 0.0956. The van der Waals surface area contributed by atoms with E-state index in [0.717, 1.165) is 25.8 Å². The molecule has 0 saturated carbocycles.